The number of piperidine rings is 1. The van der Waals surface area contributed by atoms with Crippen molar-refractivity contribution >= 4 is 0 Å². The van der Waals surface area contributed by atoms with Gasteiger partial charge in [0, 0.05) is 13.1 Å². The first kappa shape index (κ1) is 12.6. The summed E-state index contributed by atoms with van der Waals surface area (Å²) in [7, 11) is 0. The molecule has 0 bridgehead atoms. The van der Waals surface area contributed by atoms with Gasteiger partial charge in [0.05, 0.1) is 12.2 Å². The molecule has 0 saturated carbocycles. The molecule has 0 radical (unpaired) electrons. The maximum atomic E-state index is 10.6. The van der Waals surface area contributed by atoms with Crippen molar-refractivity contribution in [2.24, 2.45) is 0 Å². The molecule has 0 aliphatic carbocycles. The fourth-order valence-electron chi connectivity index (χ4n) is 2.45. The highest BCUT2D eigenvalue weighted by molar-refractivity contribution is 5.27. The smallest absolute Gasteiger partial charge is 0.0920 e. The molecule has 94 valence electrons. The molecule has 0 aromatic heterocycles. The molecule has 1 saturated heterocycles. The molecular weight excluding hydrogens is 214 g/mol. The molecule has 2 rings (SSSR count). The largest absolute Gasteiger partial charge is 0.392 e. The lowest BCUT2D eigenvalue weighted by molar-refractivity contribution is -0.0247. The Labute approximate surface area is 103 Å². The van der Waals surface area contributed by atoms with Gasteiger partial charge in [0.15, 0.2) is 0 Å². The van der Waals surface area contributed by atoms with Gasteiger partial charge in [0.25, 0.3) is 0 Å². The van der Waals surface area contributed by atoms with Crippen LogP contribution in [0.3, 0.4) is 0 Å². The second-order valence-electron chi connectivity index (χ2n) is 4.82. The lowest BCUT2D eigenvalue weighted by Gasteiger charge is -2.38. The summed E-state index contributed by atoms with van der Waals surface area (Å²) in [5.41, 5.74) is 1.19. The molecule has 0 amide bonds. The van der Waals surface area contributed by atoms with Crippen LogP contribution in [0.25, 0.3) is 0 Å². The van der Waals surface area contributed by atoms with Gasteiger partial charge in [-0.15, -0.1) is 0 Å². The highest BCUT2D eigenvalue weighted by Gasteiger charge is 2.33. The summed E-state index contributed by atoms with van der Waals surface area (Å²) in [6.45, 7) is 5.17. The number of hydrogen-bond donors (Lipinski definition) is 2. The van der Waals surface area contributed by atoms with Crippen molar-refractivity contribution in [1.82, 2.24) is 4.90 Å². The van der Waals surface area contributed by atoms with E-state index in [9.17, 15) is 5.11 Å². The van der Waals surface area contributed by atoms with Gasteiger partial charge < -0.3 is 15.1 Å². The average molecular weight is 235 g/mol. The molecule has 0 unspecified atom stereocenters. The summed E-state index contributed by atoms with van der Waals surface area (Å²) < 4.78 is 0. The average Bonchev–Trinajstić information content (AvgIpc) is 2.40. The van der Waals surface area contributed by atoms with Gasteiger partial charge in [0.1, 0.15) is 0 Å². The highest BCUT2D eigenvalue weighted by atomic mass is 16.3. The second kappa shape index (κ2) is 5.17. The lowest BCUT2D eigenvalue weighted by Crippen LogP contribution is -2.42. The normalized spacial score (nSPS) is 20.4. The van der Waals surface area contributed by atoms with Crippen molar-refractivity contribution in [3.05, 3.63) is 35.4 Å². The Bertz CT molecular complexity index is 353. The van der Waals surface area contributed by atoms with Crippen LogP contribution in [-0.4, -0.2) is 34.7 Å². The fraction of sp³-hybridized carbons (Fsp3) is 0.571. The molecule has 3 heteroatoms. The number of aliphatic hydroxyl groups excluding tert-OH is 1. The van der Waals surface area contributed by atoms with E-state index in [2.05, 4.69) is 11.8 Å². The first-order valence-corrected chi connectivity index (χ1v) is 6.33. The zero-order chi connectivity index (χ0) is 12.3. The summed E-state index contributed by atoms with van der Waals surface area (Å²) in [6.07, 6.45) is 1.58. The summed E-state index contributed by atoms with van der Waals surface area (Å²) in [6, 6.07) is 7.65. The topological polar surface area (TPSA) is 43.7 Å². The molecule has 2 N–H and O–H groups in total. The van der Waals surface area contributed by atoms with E-state index in [1.54, 1.807) is 0 Å². The third kappa shape index (κ3) is 2.68. The fourth-order valence-corrected chi connectivity index (χ4v) is 2.45. The van der Waals surface area contributed by atoms with Gasteiger partial charge in [-0.2, -0.15) is 0 Å². The molecule has 1 aliphatic heterocycles. The molecule has 0 spiro atoms. The Morgan fingerprint density at radius 3 is 2.24 bits per heavy atom. The Hall–Kier alpha value is -0.900. The van der Waals surface area contributed by atoms with E-state index in [0.717, 1.165) is 43.6 Å². The number of benzene rings is 1. The molecule has 1 aromatic rings. The zero-order valence-corrected chi connectivity index (χ0v) is 10.4. The van der Waals surface area contributed by atoms with E-state index in [1.165, 1.54) is 0 Å². The van der Waals surface area contributed by atoms with Crippen molar-refractivity contribution in [3.8, 4) is 0 Å². The Balaban J connectivity index is 2.10. The summed E-state index contributed by atoms with van der Waals surface area (Å²) in [5, 5.41) is 19.6. The molecule has 3 nitrogen and oxygen atoms in total. The van der Waals surface area contributed by atoms with Gasteiger partial charge in [-0.05, 0) is 30.5 Å². The van der Waals surface area contributed by atoms with E-state index < -0.39 is 5.60 Å². The van der Waals surface area contributed by atoms with Crippen molar-refractivity contribution < 1.29 is 10.2 Å². The van der Waals surface area contributed by atoms with Crippen LogP contribution in [0, 0.1) is 0 Å². The Morgan fingerprint density at radius 1 is 1.18 bits per heavy atom. The molecule has 1 fully saturated rings. The predicted molar refractivity (Wildman–Crippen MR) is 67.6 cm³/mol. The van der Waals surface area contributed by atoms with Crippen molar-refractivity contribution in [3.63, 3.8) is 0 Å². The first-order valence-electron chi connectivity index (χ1n) is 6.33. The quantitative estimate of drug-likeness (QED) is 0.834. The van der Waals surface area contributed by atoms with Crippen molar-refractivity contribution in [1.29, 1.82) is 0 Å². The maximum absolute atomic E-state index is 10.6. The molecule has 1 aliphatic rings. The summed E-state index contributed by atoms with van der Waals surface area (Å²) >= 11 is 0. The second-order valence-corrected chi connectivity index (χ2v) is 4.82. The van der Waals surface area contributed by atoms with Gasteiger partial charge in [-0.3, -0.25) is 0 Å². The SMILES string of the molecule is CCN1CCC(O)(c2ccc(CO)cc2)CC1. The van der Waals surface area contributed by atoms with Crippen LogP contribution in [0.2, 0.25) is 0 Å². The number of likely N-dealkylation sites (tertiary alicyclic amines) is 1. The number of hydrogen-bond acceptors (Lipinski definition) is 3. The minimum absolute atomic E-state index is 0.0579. The Morgan fingerprint density at radius 2 is 1.76 bits per heavy atom. The van der Waals surface area contributed by atoms with Crippen LogP contribution in [-0.2, 0) is 12.2 Å². The van der Waals surface area contributed by atoms with Crippen LogP contribution in [0.1, 0.15) is 30.9 Å². The van der Waals surface area contributed by atoms with E-state index >= 15 is 0 Å². The van der Waals surface area contributed by atoms with Gasteiger partial charge in [-0.25, -0.2) is 0 Å². The third-order valence-electron chi connectivity index (χ3n) is 3.80. The molecule has 0 atom stereocenters. The molecule has 1 heterocycles. The lowest BCUT2D eigenvalue weighted by atomic mass is 9.84. The van der Waals surface area contributed by atoms with Gasteiger partial charge in [0.2, 0.25) is 0 Å². The monoisotopic (exact) mass is 235 g/mol. The Kier molecular flexibility index (Phi) is 3.82. The minimum atomic E-state index is -0.681. The minimum Gasteiger partial charge on any atom is -0.392 e. The van der Waals surface area contributed by atoms with Crippen LogP contribution in [0.15, 0.2) is 24.3 Å². The number of nitrogens with zero attached hydrogens (tertiary/aromatic N) is 1. The van der Waals surface area contributed by atoms with Crippen molar-refractivity contribution in [2.45, 2.75) is 32.0 Å². The first-order chi connectivity index (χ1) is 8.18. The van der Waals surface area contributed by atoms with E-state index in [0.29, 0.717) is 0 Å². The maximum Gasteiger partial charge on any atom is 0.0920 e. The van der Waals surface area contributed by atoms with E-state index in [4.69, 9.17) is 5.11 Å². The number of rotatable bonds is 3. The molecular formula is C14H21NO2. The van der Waals surface area contributed by atoms with Gasteiger partial charge in [-0.1, -0.05) is 31.2 Å². The summed E-state index contributed by atoms with van der Waals surface area (Å²) in [4.78, 5) is 2.36. The van der Waals surface area contributed by atoms with E-state index in [-0.39, 0.29) is 6.61 Å². The molecule has 1 aromatic carbocycles. The molecule has 17 heavy (non-hydrogen) atoms. The van der Waals surface area contributed by atoms with Crippen LogP contribution < -0.4 is 0 Å². The summed E-state index contributed by atoms with van der Waals surface area (Å²) in [5.74, 6) is 0. The standard InChI is InChI=1S/C14H21NO2/c1-2-15-9-7-14(17,8-10-15)13-5-3-12(11-16)4-6-13/h3-6,16-17H,2,7-11H2,1H3. The van der Waals surface area contributed by atoms with Crippen LogP contribution in [0.4, 0.5) is 0 Å². The van der Waals surface area contributed by atoms with Crippen LogP contribution >= 0.6 is 0 Å². The van der Waals surface area contributed by atoms with Crippen molar-refractivity contribution in [2.75, 3.05) is 19.6 Å². The predicted octanol–water partition coefficient (Wildman–Crippen LogP) is 1.48. The highest BCUT2D eigenvalue weighted by Crippen LogP contribution is 2.32. The van der Waals surface area contributed by atoms with E-state index in [1.807, 2.05) is 24.3 Å². The van der Waals surface area contributed by atoms with Crippen LogP contribution in [0.5, 0.6) is 0 Å². The third-order valence-corrected chi connectivity index (χ3v) is 3.80. The van der Waals surface area contributed by atoms with Gasteiger partial charge >= 0.3 is 0 Å². The number of aliphatic hydroxyl groups is 2. The zero-order valence-electron chi connectivity index (χ0n) is 10.4.